The van der Waals surface area contributed by atoms with Gasteiger partial charge in [0, 0.05) is 29.4 Å². The second-order valence-corrected chi connectivity index (χ2v) is 6.06. The molecule has 0 aromatic heterocycles. The third-order valence-corrected chi connectivity index (χ3v) is 4.11. The molecule has 6 heteroatoms. The molecule has 2 aromatic rings. The molecule has 1 aliphatic heterocycles. The molecule has 0 bridgehead atoms. The van der Waals surface area contributed by atoms with Crippen molar-refractivity contribution in [3.8, 4) is 11.5 Å². The fourth-order valence-corrected chi connectivity index (χ4v) is 2.63. The van der Waals surface area contributed by atoms with E-state index in [9.17, 15) is 9.59 Å². The molecule has 2 N–H and O–H groups in total. The second kappa shape index (κ2) is 8.38. The molecule has 26 heavy (non-hydrogen) atoms. The van der Waals surface area contributed by atoms with Crippen molar-refractivity contribution in [2.75, 3.05) is 18.7 Å². The first kappa shape index (κ1) is 17.8. The molecule has 0 aliphatic carbocycles. The zero-order chi connectivity index (χ0) is 18.4. The molecule has 0 radical (unpaired) electrons. The molecular weight excluding hydrogens is 332 g/mol. The first-order valence-electron chi connectivity index (χ1n) is 8.76. The summed E-state index contributed by atoms with van der Waals surface area (Å²) in [5.41, 5.74) is 1.64. The van der Waals surface area contributed by atoms with Crippen molar-refractivity contribution in [3.05, 3.63) is 53.6 Å². The highest BCUT2D eigenvalue weighted by Crippen LogP contribution is 2.34. The number of hydrogen-bond donors (Lipinski definition) is 2. The van der Waals surface area contributed by atoms with Crippen molar-refractivity contribution in [1.82, 2.24) is 5.32 Å². The Hall–Kier alpha value is -3.02. The maximum Gasteiger partial charge on any atom is 0.255 e. The van der Waals surface area contributed by atoms with Crippen molar-refractivity contribution >= 4 is 17.5 Å². The molecule has 3 rings (SSSR count). The first-order chi connectivity index (χ1) is 12.7. The second-order valence-electron chi connectivity index (χ2n) is 6.06. The first-order valence-corrected chi connectivity index (χ1v) is 8.76. The van der Waals surface area contributed by atoms with Crippen LogP contribution >= 0.6 is 0 Å². The lowest BCUT2D eigenvalue weighted by atomic mass is 10.1. The van der Waals surface area contributed by atoms with Crippen LogP contribution in [0, 0.1) is 0 Å². The predicted molar refractivity (Wildman–Crippen MR) is 98.8 cm³/mol. The van der Waals surface area contributed by atoms with Crippen LogP contribution < -0.4 is 20.1 Å². The normalized spacial score (nSPS) is 11.9. The van der Waals surface area contributed by atoms with Crippen LogP contribution in [0.2, 0.25) is 0 Å². The Balaban J connectivity index is 1.57. The zero-order valence-corrected chi connectivity index (χ0v) is 14.7. The van der Waals surface area contributed by atoms with E-state index in [1.165, 1.54) is 0 Å². The van der Waals surface area contributed by atoms with Gasteiger partial charge in [-0.15, -0.1) is 0 Å². The van der Waals surface area contributed by atoms with E-state index in [-0.39, 0.29) is 18.6 Å². The number of ether oxygens (including phenoxy) is 2. The minimum Gasteiger partial charge on any atom is -0.454 e. The summed E-state index contributed by atoms with van der Waals surface area (Å²) in [7, 11) is 0. The summed E-state index contributed by atoms with van der Waals surface area (Å²) in [6.07, 6.45) is 3.18. The quantitative estimate of drug-likeness (QED) is 0.745. The van der Waals surface area contributed by atoms with Gasteiger partial charge in [-0.2, -0.15) is 0 Å². The molecule has 0 unspecified atom stereocenters. The Morgan fingerprint density at radius 1 is 0.923 bits per heavy atom. The van der Waals surface area contributed by atoms with Crippen LogP contribution in [0.1, 0.15) is 46.9 Å². The molecule has 1 aliphatic rings. The summed E-state index contributed by atoms with van der Waals surface area (Å²) in [5.74, 6) is 0.901. The largest absolute Gasteiger partial charge is 0.454 e. The van der Waals surface area contributed by atoms with E-state index in [0.29, 0.717) is 34.9 Å². The maximum absolute atomic E-state index is 12.4. The SMILES string of the molecule is CCCCCNC(=O)c1ccc(C(=O)Nc2ccc3c(c2)OCO3)cc1. The van der Waals surface area contributed by atoms with Crippen molar-refractivity contribution in [1.29, 1.82) is 0 Å². The number of fused-ring (bicyclic) bond motifs is 1. The number of amides is 2. The van der Waals surface area contributed by atoms with Crippen molar-refractivity contribution in [2.24, 2.45) is 0 Å². The highest BCUT2D eigenvalue weighted by molar-refractivity contribution is 6.05. The highest BCUT2D eigenvalue weighted by Gasteiger charge is 2.15. The van der Waals surface area contributed by atoms with E-state index >= 15 is 0 Å². The Kier molecular flexibility index (Phi) is 5.73. The van der Waals surface area contributed by atoms with E-state index in [1.807, 2.05) is 0 Å². The number of benzene rings is 2. The molecule has 6 nitrogen and oxygen atoms in total. The summed E-state index contributed by atoms with van der Waals surface area (Å²) in [6, 6.07) is 11.8. The minimum absolute atomic E-state index is 0.121. The molecule has 0 saturated heterocycles. The maximum atomic E-state index is 12.4. The standard InChI is InChI=1S/C20H22N2O4/c1-2-3-4-11-21-19(23)14-5-7-15(8-6-14)20(24)22-16-9-10-17-18(12-16)26-13-25-17/h5-10,12H,2-4,11,13H2,1H3,(H,21,23)(H,22,24). The summed E-state index contributed by atoms with van der Waals surface area (Å²) in [4.78, 5) is 24.4. The van der Waals surface area contributed by atoms with Gasteiger partial charge in [0.05, 0.1) is 0 Å². The topological polar surface area (TPSA) is 76.7 Å². The highest BCUT2D eigenvalue weighted by atomic mass is 16.7. The van der Waals surface area contributed by atoms with Gasteiger partial charge in [0.1, 0.15) is 0 Å². The van der Waals surface area contributed by atoms with Gasteiger partial charge in [0.2, 0.25) is 6.79 Å². The average molecular weight is 354 g/mol. The number of hydrogen-bond acceptors (Lipinski definition) is 4. The zero-order valence-electron chi connectivity index (χ0n) is 14.7. The summed E-state index contributed by atoms with van der Waals surface area (Å²) in [6.45, 7) is 2.98. The number of carbonyl (C=O) groups excluding carboxylic acids is 2. The van der Waals surface area contributed by atoms with Gasteiger partial charge in [-0.3, -0.25) is 9.59 Å². The van der Waals surface area contributed by atoms with E-state index < -0.39 is 0 Å². The van der Waals surface area contributed by atoms with Gasteiger partial charge >= 0.3 is 0 Å². The van der Waals surface area contributed by atoms with Crippen LogP contribution in [0.3, 0.4) is 0 Å². The van der Waals surface area contributed by atoms with Gasteiger partial charge in [-0.05, 0) is 42.8 Å². The van der Waals surface area contributed by atoms with Gasteiger partial charge < -0.3 is 20.1 Å². The van der Waals surface area contributed by atoms with Gasteiger partial charge in [0.25, 0.3) is 11.8 Å². The minimum atomic E-state index is -0.251. The average Bonchev–Trinajstić information content (AvgIpc) is 3.13. The number of unbranched alkanes of at least 4 members (excludes halogenated alkanes) is 2. The number of rotatable bonds is 7. The lowest BCUT2D eigenvalue weighted by Gasteiger charge is -2.08. The van der Waals surface area contributed by atoms with Crippen LogP contribution in [0.15, 0.2) is 42.5 Å². The molecule has 1 heterocycles. The van der Waals surface area contributed by atoms with Gasteiger partial charge in [-0.25, -0.2) is 0 Å². The van der Waals surface area contributed by atoms with E-state index in [1.54, 1.807) is 42.5 Å². The van der Waals surface area contributed by atoms with Crippen LogP contribution in [0.5, 0.6) is 11.5 Å². The smallest absolute Gasteiger partial charge is 0.255 e. The van der Waals surface area contributed by atoms with Crippen molar-refractivity contribution in [3.63, 3.8) is 0 Å². The fraction of sp³-hybridized carbons (Fsp3) is 0.300. The van der Waals surface area contributed by atoms with Crippen LogP contribution in [-0.2, 0) is 0 Å². The molecule has 2 aromatic carbocycles. The predicted octanol–water partition coefficient (Wildman–Crippen LogP) is 3.59. The Morgan fingerprint density at radius 3 is 2.35 bits per heavy atom. The van der Waals surface area contributed by atoms with Crippen LogP contribution in [-0.4, -0.2) is 25.2 Å². The third kappa shape index (κ3) is 4.33. The Bertz CT molecular complexity index is 787. The lowest BCUT2D eigenvalue weighted by molar-refractivity contribution is 0.0951. The molecular formula is C20H22N2O4. The van der Waals surface area contributed by atoms with Crippen LogP contribution in [0.25, 0.3) is 0 Å². The number of carbonyl (C=O) groups is 2. The molecule has 2 amide bonds. The van der Waals surface area contributed by atoms with Gasteiger partial charge in [-0.1, -0.05) is 19.8 Å². The van der Waals surface area contributed by atoms with Crippen LogP contribution in [0.4, 0.5) is 5.69 Å². The molecule has 0 atom stereocenters. The Labute approximate surface area is 152 Å². The number of anilines is 1. The van der Waals surface area contributed by atoms with E-state index in [2.05, 4.69) is 17.6 Å². The molecule has 0 saturated carbocycles. The Morgan fingerprint density at radius 2 is 1.62 bits per heavy atom. The lowest BCUT2D eigenvalue weighted by Crippen LogP contribution is -2.24. The van der Waals surface area contributed by atoms with Crippen molar-refractivity contribution in [2.45, 2.75) is 26.2 Å². The molecule has 0 spiro atoms. The monoisotopic (exact) mass is 354 g/mol. The van der Waals surface area contributed by atoms with E-state index in [0.717, 1.165) is 19.3 Å². The van der Waals surface area contributed by atoms with Crippen molar-refractivity contribution < 1.29 is 19.1 Å². The molecule has 0 fully saturated rings. The summed E-state index contributed by atoms with van der Waals surface area (Å²) < 4.78 is 10.5. The third-order valence-electron chi connectivity index (χ3n) is 4.11. The fourth-order valence-electron chi connectivity index (χ4n) is 2.63. The number of nitrogens with one attached hydrogen (secondary N) is 2. The summed E-state index contributed by atoms with van der Waals surface area (Å²) in [5, 5.41) is 5.69. The summed E-state index contributed by atoms with van der Waals surface area (Å²) >= 11 is 0. The van der Waals surface area contributed by atoms with E-state index in [4.69, 9.17) is 9.47 Å². The van der Waals surface area contributed by atoms with Gasteiger partial charge in [0.15, 0.2) is 11.5 Å². The molecule has 136 valence electrons.